The number of amides is 1. The van der Waals surface area contributed by atoms with Crippen LogP contribution in [0, 0.1) is 0 Å². The van der Waals surface area contributed by atoms with E-state index in [2.05, 4.69) is 10.1 Å². The molecule has 2 atom stereocenters. The molecule has 2 heterocycles. The number of nitrogens with one attached hydrogen (secondary N) is 1. The zero-order valence-electron chi connectivity index (χ0n) is 17.1. The van der Waals surface area contributed by atoms with E-state index in [9.17, 15) is 13.6 Å². The zero-order chi connectivity index (χ0) is 21.7. The Morgan fingerprint density at radius 2 is 1.97 bits per heavy atom. The summed E-state index contributed by atoms with van der Waals surface area (Å²) < 4.78 is 41.2. The molecule has 4 rings (SSSR count). The minimum atomic E-state index is -2.88. The summed E-state index contributed by atoms with van der Waals surface area (Å²) in [6.07, 6.45) is 1.79. The van der Waals surface area contributed by atoms with E-state index in [1.165, 1.54) is 24.3 Å². The molecule has 31 heavy (non-hydrogen) atoms. The predicted molar refractivity (Wildman–Crippen MR) is 111 cm³/mol. The molecule has 2 aromatic carbocycles. The number of rotatable bonds is 8. The maximum absolute atomic E-state index is 12.5. The van der Waals surface area contributed by atoms with Crippen LogP contribution < -0.4 is 10.1 Å². The van der Waals surface area contributed by atoms with Crippen LogP contribution in [-0.4, -0.2) is 55.4 Å². The summed E-state index contributed by atoms with van der Waals surface area (Å²) in [6, 6.07) is 15.9. The number of carbonyl (C=O) groups excluding carboxylic acids is 1. The maximum atomic E-state index is 12.5. The fourth-order valence-corrected chi connectivity index (χ4v) is 4.26. The molecule has 1 N–H and O–H groups in total. The highest BCUT2D eigenvalue weighted by Crippen LogP contribution is 2.37. The summed E-state index contributed by atoms with van der Waals surface area (Å²) >= 11 is 0. The smallest absolute Gasteiger partial charge is 0.387 e. The van der Waals surface area contributed by atoms with E-state index in [0.29, 0.717) is 32.0 Å². The monoisotopic (exact) mass is 432 g/mol. The molecule has 166 valence electrons. The molecule has 2 aliphatic rings. The fraction of sp³-hybridized carbons (Fsp3) is 0.435. The first-order valence-corrected chi connectivity index (χ1v) is 10.4. The average molecular weight is 432 g/mol. The van der Waals surface area contributed by atoms with Crippen LogP contribution in [0.5, 0.6) is 5.75 Å². The molecule has 1 amide bonds. The summed E-state index contributed by atoms with van der Waals surface area (Å²) in [6.45, 7) is -0.214. The van der Waals surface area contributed by atoms with Gasteiger partial charge in [0.15, 0.2) is 0 Å². The van der Waals surface area contributed by atoms with Crippen molar-refractivity contribution in [2.24, 2.45) is 0 Å². The standard InChI is InChI=1S/C23H26F2N2O4/c24-22(25)31-19-9-7-18(8-10-19)26-21(28)14-27-13-20(23(16-27)11-4-12-30-23)29-15-17-5-2-1-3-6-17/h1-3,5-10,20,22H,4,11-16H2,(H,26,28)/t20-,23-/m0/s1. The Morgan fingerprint density at radius 3 is 2.65 bits per heavy atom. The number of hydrogen-bond donors (Lipinski definition) is 1. The number of anilines is 1. The third-order valence-electron chi connectivity index (χ3n) is 5.66. The van der Waals surface area contributed by atoms with E-state index < -0.39 is 6.61 Å². The molecule has 2 fully saturated rings. The van der Waals surface area contributed by atoms with E-state index in [1.54, 1.807) is 0 Å². The van der Waals surface area contributed by atoms with Gasteiger partial charge in [-0.25, -0.2) is 0 Å². The van der Waals surface area contributed by atoms with Gasteiger partial charge in [-0.3, -0.25) is 9.69 Å². The Balaban J connectivity index is 1.32. The van der Waals surface area contributed by atoms with Gasteiger partial charge in [0.2, 0.25) is 5.91 Å². The van der Waals surface area contributed by atoms with Crippen LogP contribution in [0.25, 0.3) is 0 Å². The van der Waals surface area contributed by atoms with Gasteiger partial charge in [-0.15, -0.1) is 0 Å². The number of carbonyl (C=O) groups is 1. The van der Waals surface area contributed by atoms with E-state index in [4.69, 9.17) is 9.47 Å². The first-order chi connectivity index (χ1) is 15.0. The van der Waals surface area contributed by atoms with Crippen molar-refractivity contribution >= 4 is 11.6 Å². The second-order valence-electron chi connectivity index (χ2n) is 7.92. The second kappa shape index (κ2) is 9.72. The highest BCUT2D eigenvalue weighted by Gasteiger charge is 2.50. The molecule has 8 heteroatoms. The summed E-state index contributed by atoms with van der Waals surface area (Å²) in [5.74, 6) is -0.134. The molecule has 0 aromatic heterocycles. The lowest BCUT2D eigenvalue weighted by atomic mass is 9.96. The van der Waals surface area contributed by atoms with Crippen molar-refractivity contribution in [3.8, 4) is 5.75 Å². The third-order valence-corrected chi connectivity index (χ3v) is 5.66. The van der Waals surface area contributed by atoms with Crippen LogP contribution >= 0.6 is 0 Å². The van der Waals surface area contributed by atoms with Crippen molar-refractivity contribution in [2.45, 2.75) is 37.8 Å². The van der Waals surface area contributed by atoms with Crippen molar-refractivity contribution in [3.63, 3.8) is 0 Å². The number of hydrogen-bond acceptors (Lipinski definition) is 5. The van der Waals surface area contributed by atoms with E-state index in [-0.39, 0.29) is 29.9 Å². The van der Waals surface area contributed by atoms with E-state index >= 15 is 0 Å². The lowest BCUT2D eigenvalue weighted by Crippen LogP contribution is -2.42. The van der Waals surface area contributed by atoms with Crippen molar-refractivity contribution in [1.82, 2.24) is 4.90 Å². The lowest BCUT2D eigenvalue weighted by Gasteiger charge is -2.29. The lowest BCUT2D eigenvalue weighted by molar-refractivity contribution is -0.117. The maximum Gasteiger partial charge on any atom is 0.387 e. The van der Waals surface area contributed by atoms with Crippen molar-refractivity contribution in [1.29, 1.82) is 0 Å². The SMILES string of the molecule is O=C(CN1C[C@H](OCc2ccccc2)[C@]2(CCCO2)C1)Nc1ccc(OC(F)F)cc1. The highest BCUT2D eigenvalue weighted by molar-refractivity contribution is 5.92. The van der Waals surface area contributed by atoms with Crippen LogP contribution in [0.1, 0.15) is 18.4 Å². The zero-order valence-corrected chi connectivity index (χ0v) is 17.1. The first kappa shape index (κ1) is 21.7. The number of halogens is 2. The van der Waals surface area contributed by atoms with Crippen LogP contribution in [0.3, 0.4) is 0 Å². The molecule has 0 bridgehead atoms. The van der Waals surface area contributed by atoms with Gasteiger partial charge in [0.25, 0.3) is 0 Å². The van der Waals surface area contributed by atoms with Gasteiger partial charge in [-0.1, -0.05) is 30.3 Å². The Kier molecular flexibility index (Phi) is 6.80. The number of ether oxygens (including phenoxy) is 3. The Bertz CT molecular complexity index is 858. The molecule has 0 unspecified atom stereocenters. The number of likely N-dealkylation sites (tertiary alicyclic amines) is 1. The van der Waals surface area contributed by atoms with E-state index in [0.717, 1.165) is 18.4 Å². The molecule has 2 saturated heterocycles. The van der Waals surface area contributed by atoms with Gasteiger partial charge >= 0.3 is 6.61 Å². The van der Waals surface area contributed by atoms with Crippen LogP contribution in [0.15, 0.2) is 54.6 Å². The van der Waals surface area contributed by atoms with Crippen molar-refractivity contribution < 1.29 is 27.8 Å². The predicted octanol–water partition coefficient (Wildman–Crippen LogP) is 3.68. The molecule has 0 saturated carbocycles. The van der Waals surface area contributed by atoms with Crippen molar-refractivity contribution in [3.05, 3.63) is 60.2 Å². The molecule has 1 spiro atoms. The number of nitrogens with zero attached hydrogens (tertiary/aromatic N) is 1. The minimum Gasteiger partial charge on any atom is -0.435 e. The molecule has 2 aliphatic heterocycles. The Morgan fingerprint density at radius 1 is 1.19 bits per heavy atom. The van der Waals surface area contributed by atoms with Crippen molar-refractivity contribution in [2.75, 3.05) is 31.6 Å². The highest BCUT2D eigenvalue weighted by atomic mass is 19.3. The van der Waals surface area contributed by atoms with Gasteiger partial charge in [0.05, 0.1) is 13.2 Å². The molecular weight excluding hydrogens is 406 g/mol. The van der Waals surface area contributed by atoms with E-state index in [1.807, 2.05) is 35.2 Å². The fourth-order valence-electron chi connectivity index (χ4n) is 4.26. The minimum absolute atomic E-state index is 0.0475. The number of alkyl halides is 2. The Labute approximate surface area is 180 Å². The molecule has 0 radical (unpaired) electrons. The Hall–Kier alpha value is -2.55. The van der Waals surface area contributed by atoms with Gasteiger partial charge in [-0.2, -0.15) is 8.78 Å². The van der Waals surface area contributed by atoms with Gasteiger partial charge in [0.1, 0.15) is 17.5 Å². The largest absolute Gasteiger partial charge is 0.435 e. The first-order valence-electron chi connectivity index (χ1n) is 10.4. The number of benzene rings is 2. The van der Waals surface area contributed by atoms with Crippen LogP contribution in [0.4, 0.5) is 14.5 Å². The van der Waals surface area contributed by atoms with Gasteiger partial charge in [-0.05, 0) is 42.7 Å². The second-order valence-corrected chi connectivity index (χ2v) is 7.92. The van der Waals surface area contributed by atoms with Crippen LogP contribution in [0.2, 0.25) is 0 Å². The summed E-state index contributed by atoms with van der Waals surface area (Å²) in [4.78, 5) is 14.6. The van der Waals surface area contributed by atoms with Crippen LogP contribution in [-0.2, 0) is 20.9 Å². The quantitative estimate of drug-likeness (QED) is 0.690. The third kappa shape index (κ3) is 5.58. The topological polar surface area (TPSA) is 60.0 Å². The normalized spacial score (nSPS) is 23.5. The average Bonchev–Trinajstić information content (AvgIpc) is 3.35. The van der Waals surface area contributed by atoms with Gasteiger partial charge < -0.3 is 19.5 Å². The molecule has 2 aromatic rings. The molecule has 6 nitrogen and oxygen atoms in total. The molecular formula is C23H26F2N2O4. The summed E-state index contributed by atoms with van der Waals surface area (Å²) in [5, 5.41) is 2.80. The molecule has 0 aliphatic carbocycles. The van der Waals surface area contributed by atoms with Gasteiger partial charge in [0, 0.05) is 25.4 Å². The summed E-state index contributed by atoms with van der Waals surface area (Å²) in [7, 11) is 0. The summed E-state index contributed by atoms with van der Waals surface area (Å²) in [5.41, 5.74) is 1.25.